The number of rotatable bonds is 5. The van der Waals surface area contributed by atoms with Crippen LogP contribution in [0.15, 0.2) is 52.3 Å². The first-order valence-corrected chi connectivity index (χ1v) is 9.99. The van der Waals surface area contributed by atoms with Crippen molar-refractivity contribution in [3.8, 4) is 17.1 Å². The minimum Gasteiger partial charge on any atom is -0.282 e. The average molecular weight is 427 g/mol. The molecule has 0 bridgehead atoms. The van der Waals surface area contributed by atoms with Crippen LogP contribution in [0.1, 0.15) is 0 Å². The van der Waals surface area contributed by atoms with E-state index in [1.807, 2.05) is 0 Å². The van der Waals surface area contributed by atoms with Crippen molar-refractivity contribution in [3.63, 3.8) is 0 Å². The molecule has 3 aromatic rings. The van der Waals surface area contributed by atoms with E-state index in [0.29, 0.717) is 6.07 Å². The molecule has 0 fully saturated rings. The lowest BCUT2D eigenvalue weighted by molar-refractivity contribution is -0.384. The molecular weight excluding hydrogens is 418 g/mol. The lowest BCUT2D eigenvalue weighted by atomic mass is 10.2. The summed E-state index contributed by atoms with van der Waals surface area (Å²) in [6.45, 7) is 0. The first-order valence-electron chi connectivity index (χ1n) is 7.11. The maximum atomic E-state index is 11.6. The van der Waals surface area contributed by atoms with Gasteiger partial charge in [-0.25, -0.2) is 0 Å². The Morgan fingerprint density at radius 3 is 2.14 bits per heavy atom. The Morgan fingerprint density at radius 2 is 1.61 bits per heavy atom. The molecule has 2 N–H and O–H groups in total. The zero-order valence-electron chi connectivity index (χ0n) is 13.4. The van der Waals surface area contributed by atoms with E-state index in [9.17, 15) is 31.5 Å². The van der Waals surface area contributed by atoms with Gasteiger partial charge in [0.05, 0.1) is 15.5 Å². The highest BCUT2D eigenvalue weighted by atomic mass is 32.2. The largest absolute Gasteiger partial charge is 0.295 e. The zero-order valence-corrected chi connectivity index (χ0v) is 15.1. The van der Waals surface area contributed by atoms with E-state index in [1.165, 1.54) is 24.3 Å². The van der Waals surface area contributed by atoms with Crippen LogP contribution in [-0.4, -0.2) is 51.1 Å². The van der Waals surface area contributed by atoms with Crippen molar-refractivity contribution < 1.29 is 30.9 Å². The first kappa shape index (κ1) is 19.5. The normalized spacial score (nSPS) is 12.1. The van der Waals surface area contributed by atoms with Gasteiger partial charge in [0.2, 0.25) is 5.82 Å². The highest BCUT2D eigenvalue weighted by Crippen LogP contribution is 2.27. The topological polar surface area (TPSA) is 195 Å². The van der Waals surface area contributed by atoms with E-state index in [1.54, 1.807) is 0 Å². The summed E-state index contributed by atoms with van der Waals surface area (Å²) in [5, 5.41) is 21.9. The van der Waals surface area contributed by atoms with Gasteiger partial charge < -0.3 is 0 Å². The van der Waals surface area contributed by atoms with Crippen LogP contribution in [0.5, 0.6) is 0 Å². The Bertz CT molecular complexity index is 1280. The fourth-order valence-electron chi connectivity index (χ4n) is 2.20. The number of non-ortho nitro benzene ring substituents is 1. The summed E-state index contributed by atoms with van der Waals surface area (Å²) >= 11 is 0. The third-order valence-corrected chi connectivity index (χ3v) is 5.22. The summed E-state index contributed by atoms with van der Waals surface area (Å²) in [7, 11) is -9.63. The van der Waals surface area contributed by atoms with Crippen molar-refractivity contribution >= 4 is 25.9 Å². The molecule has 2 aromatic carbocycles. The predicted octanol–water partition coefficient (Wildman–Crippen LogP) is 0.731. The van der Waals surface area contributed by atoms with Gasteiger partial charge in [-0.1, -0.05) is 0 Å². The quantitative estimate of drug-likeness (QED) is 0.331. The molecule has 0 spiro atoms. The minimum atomic E-state index is -4.90. The molecule has 15 heteroatoms. The van der Waals surface area contributed by atoms with Crippen molar-refractivity contribution in [3.05, 3.63) is 52.6 Å². The van der Waals surface area contributed by atoms with Crippen LogP contribution in [0.3, 0.4) is 0 Å². The second-order valence-electron chi connectivity index (χ2n) is 5.28. The number of tetrazole rings is 1. The Hall–Kier alpha value is -3.27. The second kappa shape index (κ2) is 6.71. The fourth-order valence-corrected chi connectivity index (χ4v) is 3.50. The number of hydrogen-bond donors (Lipinski definition) is 2. The van der Waals surface area contributed by atoms with Gasteiger partial charge in [0.1, 0.15) is 4.90 Å². The number of aromatic nitrogens is 4. The van der Waals surface area contributed by atoms with Crippen molar-refractivity contribution in [1.29, 1.82) is 0 Å². The molecule has 0 saturated heterocycles. The van der Waals surface area contributed by atoms with E-state index in [-0.39, 0.29) is 22.8 Å². The average Bonchev–Trinajstić information content (AvgIpc) is 3.09. The SMILES string of the molecule is O=[N+]([O-])c1ccc(-n2nnc(-c3ccc(S(=O)(=O)O)cc3S(=O)(=O)O)n2)cc1. The molecule has 0 aliphatic rings. The second-order valence-corrected chi connectivity index (χ2v) is 8.10. The van der Waals surface area contributed by atoms with E-state index < -0.39 is 35.0 Å². The molecule has 0 aliphatic heterocycles. The molecule has 1 heterocycles. The van der Waals surface area contributed by atoms with Crippen LogP contribution in [0.25, 0.3) is 17.1 Å². The van der Waals surface area contributed by atoms with E-state index >= 15 is 0 Å². The third-order valence-electron chi connectivity index (χ3n) is 3.47. The molecule has 13 nitrogen and oxygen atoms in total. The Labute approximate surface area is 156 Å². The molecule has 0 unspecified atom stereocenters. The molecule has 0 amide bonds. The Kier molecular flexibility index (Phi) is 4.67. The highest BCUT2D eigenvalue weighted by Gasteiger charge is 2.23. The number of nitro benzene ring substituents is 1. The molecular formula is C13H9N5O8S2. The van der Waals surface area contributed by atoms with Crippen LogP contribution < -0.4 is 0 Å². The van der Waals surface area contributed by atoms with Crippen molar-refractivity contribution in [2.24, 2.45) is 0 Å². The van der Waals surface area contributed by atoms with E-state index in [4.69, 9.17) is 4.55 Å². The molecule has 1 aromatic heterocycles. The van der Waals surface area contributed by atoms with Crippen LogP contribution >= 0.6 is 0 Å². The highest BCUT2D eigenvalue weighted by molar-refractivity contribution is 7.86. The summed E-state index contributed by atoms with van der Waals surface area (Å²) in [6.07, 6.45) is 0. The standard InChI is InChI=1S/C13H9N5O8S2/c19-18(20)9-3-1-8(2-4-9)17-15-13(14-16-17)11-6-5-10(27(21,22)23)7-12(11)28(24,25)26/h1-7H,(H,21,22,23)(H,24,25,26). The van der Waals surface area contributed by atoms with Gasteiger partial charge in [0.25, 0.3) is 25.9 Å². The molecule has 0 atom stereocenters. The Morgan fingerprint density at radius 1 is 0.964 bits per heavy atom. The van der Waals surface area contributed by atoms with Gasteiger partial charge >= 0.3 is 0 Å². The monoisotopic (exact) mass is 427 g/mol. The summed E-state index contributed by atoms with van der Waals surface area (Å²) < 4.78 is 64.1. The first-order chi connectivity index (χ1) is 13.0. The molecule has 28 heavy (non-hydrogen) atoms. The summed E-state index contributed by atoms with van der Waals surface area (Å²) in [5.41, 5.74) is -0.172. The maximum absolute atomic E-state index is 11.6. The minimum absolute atomic E-state index is 0.168. The number of hydrogen-bond acceptors (Lipinski definition) is 9. The number of nitrogens with zero attached hydrogens (tertiary/aromatic N) is 5. The molecule has 3 rings (SSSR count). The number of nitro groups is 1. The fraction of sp³-hybridized carbons (Fsp3) is 0. The van der Waals surface area contributed by atoms with Crippen molar-refractivity contribution in [2.45, 2.75) is 9.79 Å². The lowest BCUT2D eigenvalue weighted by Crippen LogP contribution is -2.06. The van der Waals surface area contributed by atoms with Crippen molar-refractivity contribution in [1.82, 2.24) is 20.2 Å². The van der Waals surface area contributed by atoms with Gasteiger partial charge in [-0.3, -0.25) is 19.2 Å². The number of benzene rings is 2. The zero-order chi connectivity index (χ0) is 20.7. The van der Waals surface area contributed by atoms with Gasteiger partial charge in [0, 0.05) is 17.7 Å². The molecule has 0 saturated carbocycles. The van der Waals surface area contributed by atoms with Crippen molar-refractivity contribution in [2.75, 3.05) is 0 Å². The maximum Gasteiger partial charge on any atom is 0.295 e. The van der Waals surface area contributed by atoms with Gasteiger partial charge in [-0.2, -0.15) is 16.8 Å². The van der Waals surface area contributed by atoms with Crippen LogP contribution in [-0.2, 0) is 20.2 Å². The van der Waals surface area contributed by atoms with Crippen LogP contribution in [0, 0.1) is 10.1 Å². The van der Waals surface area contributed by atoms with E-state index in [2.05, 4.69) is 15.4 Å². The summed E-state index contributed by atoms with van der Waals surface area (Å²) in [5.74, 6) is -0.284. The Balaban J connectivity index is 2.09. The molecule has 0 radical (unpaired) electrons. The van der Waals surface area contributed by atoms with E-state index in [0.717, 1.165) is 16.9 Å². The van der Waals surface area contributed by atoms with Gasteiger partial charge in [-0.15, -0.1) is 15.0 Å². The molecule has 0 aliphatic carbocycles. The smallest absolute Gasteiger partial charge is 0.282 e. The summed E-state index contributed by atoms with van der Waals surface area (Å²) in [4.78, 5) is 9.42. The van der Waals surface area contributed by atoms with Crippen LogP contribution in [0.2, 0.25) is 0 Å². The molecule has 146 valence electrons. The van der Waals surface area contributed by atoms with Gasteiger partial charge in [-0.05, 0) is 35.5 Å². The van der Waals surface area contributed by atoms with Gasteiger partial charge in [0.15, 0.2) is 0 Å². The summed E-state index contributed by atoms with van der Waals surface area (Å²) in [6, 6.07) is 7.47. The predicted molar refractivity (Wildman–Crippen MR) is 90.9 cm³/mol. The third kappa shape index (κ3) is 3.86. The lowest BCUT2D eigenvalue weighted by Gasteiger charge is -2.05. The van der Waals surface area contributed by atoms with Crippen LogP contribution in [0.4, 0.5) is 5.69 Å².